The molecule has 1 heterocycles. The number of halogens is 1. The molecule has 0 radical (unpaired) electrons. The fraction of sp³-hybridized carbons (Fsp3) is 0.308. The van der Waals surface area contributed by atoms with Crippen molar-refractivity contribution in [2.75, 3.05) is 11.4 Å². The first-order chi connectivity index (χ1) is 15.3. The van der Waals surface area contributed by atoms with Crippen molar-refractivity contribution in [3.8, 4) is 5.75 Å². The summed E-state index contributed by atoms with van der Waals surface area (Å²) in [7, 11) is -2.18. The maximum absolute atomic E-state index is 14.4. The minimum atomic E-state index is -3.78. The highest BCUT2D eigenvalue weighted by atomic mass is 32.2. The molecule has 4 nitrogen and oxygen atoms in total. The van der Waals surface area contributed by atoms with Gasteiger partial charge in [-0.05, 0) is 92.6 Å². The quantitative estimate of drug-likeness (QED) is 0.489. The van der Waals surface area contributed by atoms with Gasteiger partial charge in [-0.25, -0.2) is 12.8 Å². The summed E-state index contributed by atoms with van der Waals surface area (Å²) in [5, 5.41) is 0. The molecule has 0 spiro atoms. The van der Waals surface area contributed by atoms with Crippen LogP contribution in [0.3, 0.4) is 0 Å². The smallest absolute Gasteiger partial charge is 0.264 e. The zero-order chi connectivity index (χ0) is 22.9. The number of benzene rings is 3. The molecule has 0 aromatic heterocycles. The molecule has 32 heavy (non-hydrogen) atoms. The van der Waals surface area contributed by atoms with Gasteiger partial charge in [0.2, 0.25) is 0 Å². The Labute approximate surface area is 189 Å². The number of anilines is 1. The first-order valence-corrected chi connectivity index (χ1v) is 12.3. The minimum Gasteiger partial charge on any atom is -0.497 e. The predicted octanol–water partition coefficient (Wildman–Crippen LogP) is 5.59. The lowest BCUT2D eigenvalue weighted by Crippen LogP contribution is -2.44. The van der Waals surface area contributed by atoms with Gasteiger partial charge < -0.3 is 4.74 Å². The van der Waals surface area contributed by atoms with Crippen LogP contribution in [0, 0.1) is 19.7 Å². The summed E-state index contributed by atoms with van der Waals surface area (Å²) in [5.74, 6) is 0.468. The Hall–Kier alpha value is -2.86. The monoisotopic (exact) mass is 453 g/mol. The van der Waals surface area contributed by atoms with E-state index in [1.807, 2.05) is 44.2 Å². The van der Waals surface area contributed by atoms with Gasteiger partial charge in [0.25, 0.3) is 10.0 Å². The zero-order valence-electron chi connectivity index (χ0n) is 18.6. The fourth-order valence-electron chi connectivity index (χ4n) is 4.33. The third-order valence-electron chi connectivity index (χ3n) is 6.14. The number of hydrogen-bond donors (Lipinski definition) is 0. The number of methoxy groups -OCH3 is 1. The van der Waals surface area contributed by atoms with Crippen molar-refractivity contribution in [1.82, 2.24) is 0 Å². The lowest BCUT2D eigenvalue weighted by molar-refractivity contribution is 0.413. The molecule has 1 aliphatic heterocycles. The van der Waals surface area contributed by atoms with Crippen molar-refractivity contribution in [3.63, 3.8) is 0 Å². The van der Waals surface area contributed by atoms with E-state index < -0.39 is 10.0 Å². The lowest BCUT2D eigenvalue weighted by atomic mass is 9.93. The van der Waals surface area contributed by atoms with Gasteiger partial charge in [0.15, 0.2) is 0 Å². The molecule has 1 aliphatic rings. The van der Waals surface area contributed by atoms with Crippen molar-refractivity contribution in [2.45, 2.75) is 50.5 Å². The molecule has 0 fully saturated rings. The van der Waals surface area contributed by atoms with E-state index in [0.717, 1.165) is 23.1 Å². The Kier molecular flexibility index (Phi) is 6.24. The van der Waals surface area contributed by atoms with Crippen molar-refractivity contribution in [3.05, 3.63) is 88.7 Å². The number of rotatable bonds is 6. The number of nitrogens with zero attached hydrogens (tertiary/aromatic N) is 1. The standard InChI is InChI=1S/C26H28FNO3S/c1-18-5-13-24(14-6-18)32(29,30)28-22(10-8-20-7-4-19(2)16-25(20)27)11-9-21-17-23(31-3)12-15-26(21)28/h4-7,12-17,22H,8-11H2,1-3H3. The summed E-state index contributed by atoms with van der Waals surface area (Å²) >= 11 is 0. The van der Waals surface area contributed by atoms with Gasteiger partial charge in [-0.1, -0.05) is 29.8 Å². The minimum absolute atomic E-state index is 0.237. The van der Waals surface area contributed by atoms with Crippen molar-refractivity contribution >= 4 is 15.7 Å². The molecule has 4 rings (SSSR count). The first kappa shape index (κ1) is 22.3. The van der Waals surface area contributed by atoms with Gasteiger partial charge in [-0.2, -0.15) is 0 Å². The second-order valence-corrected chi connectivity index (χ2v) is 10.2. The highest BCUT2D eigenvalue weighted by Gasteiger charge is 2.36. The number of fused-ring (bicyclic) bond motifs is 1. The van der Waals surface area contributed by atoms with Gasteiger partial charge in [0.05, 0.1) is 17.7 Å². The van der Waals surface area contributed by atoms with Gasteiger partial charge in [-0.3, -0.25) is 4.31 Å². The summed E-state index contributed by atoms with van der Waals surface area (Å²) in [6, 6.07) is 17.4. The van der Waals surface area contributed by atoms with Crippen LogP contribution in [0.2, 0.25) is 0 Å². The van der Waals surface area contributed by atoms with Crippen LogP contribution in [0.1, 0.15) is 35.1 Å². The predicted molar refractivity (Wildman–Crippen MR) is 125 cm³/mol. The van der Waals surface area contributed by atoms with E-state index in [0.29, 0.717) is 36.3 Å². The molecule has 0 aliphatic carbocycles. The molecule has 0 N–H and O–H groups in total. The Bertz CT molecular complexity index is 1220. The third-order valence-corrected chi connectivity index (χ3v) is 8.02. The maximum atomic E-state index is 14.4. The van der Waals surface area contributed by atoms with E-state index in [9.17, 15) is 12.8 Å². The molecule has 0 bridgehead atoms. The molecule has 6 heteroatoms. The summed E-state index contributed by atoms with van der Waals surface area (Å²) in [4.78, 5) is 0.262. The van der Waals surface area contributed by atoms with Crippen LogP contribution in [0.4, 0.5) is 10.1 Å². The van der Waals surface area contributed by atoms with Crippen molar-refractivity contribution in [1.29, 1.82) is 0 Å². The van der Waals surface area contributed by atoms with Crippen LogP contribution in [-0.2, 0) is 22.9 Å². The number of aryl methyl sites for hydroxylation is 4. The van der Waals surface area contributed by atoms with Crippen LogP contribution in [0.5, 0.6) is 5.75 Å². The van der Waals surface area contributed by atoms with Gasteiger partial charge in [0, 0.05) is 6.04 Å². The van der Waals surface area contributed by atoms with E-state index in [2.05, 4.69) is 0 Å². The topological polar surface area (TPSA) is 46.6 Å². The van der Waals surface area contributed by atoms with Crippen LogP contribution >= 0.6 is 0 Å². The molecule has 1 unspecified atom stereocenters. The zero-order valence-corrected chi connectivity index (χ0v) is 19.5. The Morgan fingerprint density at radius 3 is 2.41 bits per heavy atom. The van der Waals surface area contributed by atoms with Gasteiger partial charge in [-0.15, -0.1) is 0 Å². The Morgan fingerprint density at radius 2 is 1.72 bits per heavy atom. The average Bonchev–Trinajstić information content (AvgIpc) is 2.78. The Balaban J connectivity index is 1.72. The van der Waals surface area contributed by atoms with E-state index in [4.69, 9.17) is 4.74 Å². The summed E-state index contributed by atoms with van der Waals surface area (Å²) in [6.45, 7) is 3.78. The molecular formula is C26H28FNO3S. The molecule has 0 saturated heterocycles. The molecule has 0 amide bonds. The SMILES string of the molecule is COc1ccc2c(c1)CCC(CCc1ccc(C)cc1F)N2S(=O)(=O)c1ccc(C)cc1. The second kappa shape index (κ2) is 8.94. The number of sulfonamides is 1. The van der Waals surface area contributed by atoms with Crippen molar-refractivity contribution in [2.24, 2.45) is 0 Å². The molecule has 168 valence electrons. The van der Waals surface area contributed by atoms with Crippen LogP contribution in [0.25, 0.3) is 0 Å². The number of hydrogen-bond acceptors (Lipinski definition) is 3. The molecule has 3 aromatic carbocycles. The van der Waals surface area contributed by atoms with E-state index >= 15 is 0 Å². The van der Waals surface area contributed by atoms with E-state index in [-0.39, 0.29) is 16.8 Å². The largest absolute Gasteiger partial charge is 0.497 e. The van der Waals surface area contributed by atoms with Gasteiger partial charge >= 0.3 is 0 Å². The normalized spacial score (nSPS) is 16.0. The summed E-state index contributed by atoms with van der Waals surface area (Å²) in [6.07, 6.45) is 2.42. The molecule has 3 aromatic rings. The van der Waals surface area contributed by atoms with Gasteiger partial charge in [0.1, 0.15) is 11.6 Å². The maximum Gasteiger partial charge on any atom is 0.264 e. The molecule has 0 saturated carbocycles. The summed E-state index contributed by atoms with van der Waals surface area (Å²) in [5.41, 5.74) is 4.10. The Morgan fingerprint density at radius 1 is 1.00 bits per heavy atom. The highest BCUT2D eigenvalue weighted by molar-refractivity contribution is 7.92. The van der Waals surface area contributed by atoms with Crippen LogP contribution < -0.4 is 9.04 Å². The van der Waals surface area contributed by atoms with Crippen LogP contribution in [0.15, 0.2) is 65.6 Å². The molecule has 1 atom stereocenters. The van der Waals surface area contributed by atoms with Crippen molar-refractivity contribution < 1.29 is 17.5 Å². The van der Waals surface area contributed by atoms with Crippen LogP contribution in [-0.4, -0.2) is 21.6 Å². The second-order valence-electron chi connectivity index (χ2n) is 8.43. The number of ether oxygens (including phenoxy) is 1. The fourth-order valence-corrected chi connectivity index (χ4v) is 6.08. The lowest BCUT2D eigenvalue weighted by Gasteiger charge is -2.38. The first-order valence-electron chi connectivity index (χ1n) is 10.8. The summed E-state index contributed by atoms with van der Waals surface area (Å²) < 4.78 is 48.8. The van der Waals surface area contributed by atoms with E-state index in [1.165, 1.54) is 6.07 Å². The third kappa shape index (κ3) is 4.37. The van der Waals surface area contributed by atoms with E-state index in [1.54, 1.807) is 35.7 Å². The molecular weight excluding hydrogens is 425 g/mol. The average molecular weight is 454 g/mol. The highest BCUT2D eigenvalue weighted by Crippen LogP contribution is 2.38.